The molecule has 0 aliphatic rings. The van der Waals surface area contributed by atoms with Gasteiger partial charge >= 0.3 is 6.09 Å². The van der Waals surface area contributed by atoms with Crippen molar-refractivity contribution in [3.8, 4) is 0 Å². The maximum atomic E-state index is 10.8. The molecule has 0 unspecified atom stereocenters. The fourth-order valence-corrected chi connectivity index (χ4v) is 0.736. The van der Waals surface area contributed by atoms with Gasteiger partial charge in [0.2, 0.25) is 0 Å². The molecule has 0 atom stereocenters. The Hall–Kier alpha value is -1.55. The molecule has 1 N–H and O–H groups in total. The first-order valence-corrected chi connectivity index (χ1v) is 3.39. The van der Waals surface area contributed by atoms with E-state index >= 15 is 0 Å². The van der Waals surface area contributed by atoms with Gasteiger partial charge < -0.3 is 0 Å². The minimum absolute atomic E-state index is 0.635. The Kier molecular flexibility index (Phi) is 3.10. The molecule has 12 heavy (non-hydrogen) atoms. The van der Waals surface area contributed by atoms with E-state index in [0.717, 1.165) is 0 Å². The summed E-state index contributed by atoms with van der Waals surface area (Å²) in [6.45, 7) is 0. The van der Waals surface area contributed by atoms with E-state index in [9.17, 15) is 4.79 Å². The highest BCUT2D eigenvalue weighted by molar-refractivity contribution is 5.83. The standard InChI is InChI=1S/C8H9NO3/c1-11-12-8(10)9-7-5-3-2-4-6-7/h2-6H,1H3,(H,9,10). The molecule has 1 aromatic carbocycles. The number of nitrogens with one attached hydrogen (secondary N) is 1. The fraction of sp³-hybridized carbons (Fsp3) is 0.125. The Morgan fingerprint density at radius 1 is 1.33 bits per heavy atom. The third-order valence-corrected chi connectivity index (χ3v) is 1.18. The number of rotatable bonds is 2. The van der Waals surface area contributed by atoms with Crippen LogP contribution < -0.4 is 5.32 Å². The molecule has 0 bridgehead atoms. The lowest BCUT2D eigenvalue weighted by Gasteiger charge is -2.01. The van der Waals surface area contributed by atoms with Gasteiger partial charge in [0.25, 0.3) is 0 Å². The molecule has 1 amide bonds. The second kappa shape index (κ2) is 4.35. The van der Waals surface area contributed by atoms with Crippen molar-refractivity contribution in [3.63, 3.8) is 0 Å². The second-order valence-electron chi connectivity index (χ2n) is 2.03. The quantitative estimate of drug-likeness (QED) is 0.539. The first-order valence-electron chi connectivity index (χ1n) is 3.39. The molecular formula is C8H9NO3. The zero-order valence-electron chi connectivity index (χ0n) is 6.61. The van der Waals surface area contributed by atoms with Crippen LogP contribution in [0.3, 0.4) is 0 Å². The lowest BCUT2D eigenvalue weighted by Crippen LogP contribution is -2.12. The van der Waals surface area contributed by atoms with Crippen LogP contribution in [0.1, 0.15) is 0 Å². The van der Waals surface area contributed by atoms with Gasteiger partial charge in [-0.15, -0.1) is 0 Å². The fourth-order valence-electron chi connectivity index (χ4n) is 0.736. The highest BCUT2D eigenvalue weighted by atomic mass is 17.2. The minimum atomic E-state index is -0.635. The molecule has 1 aromatic rings. The normalized spacial score (nSPS) is 9.08. The lowest BCUT2D eigenvalue weighted by atomic mass is 10.3. The summed E-state index contributed by atoms with van der Waals surface area (Å²) in [5.74, 6) is 0. The molecule has 0 fully saturated rings. The van der Waals surface area contributed by atoms with Crippen LogP contribution in [0, 0.1) is 0 Å². The number of para-hydroxylation sites is 1. The third kappa shape index (κ3) is 2.59. The Bertz CT molecular complexity index is 248. The molecule has 0 aliphatic carbocycles. The van der Waals surface area contributed by atoms with E-state index in [1.165, 1.54) is 7.11 Å². The molecule has 64 valence electrons. The van der Waals surface area contributed by atoms with Gasteiger partial charge in [-0.2, -0.15) is 4.89 Å². The van der Waals surface area contributed by atoms with Gasteiger partial charge in [0, 0.05) is 5.69 Å². The Morgan fingerprint density at radius 2 is 2.00 bits per heavy atom. The first kappa shape index (κ1) is 8.55. The van der Waals surface area contributed by atoms with Crippen LogP contribution in [0.2, 0.25) is 0 Å². The van der Waals surface area contributed by atoms with Crippen molar-refractivity contribution in [1.82, 2.24) is 0 Å². The summed E-state index contributed by atoms with van der Waals surface area (Å²) >= 11 is 0. The smallest absolute Gasteiger partial charge is 0.289 e. The number of carbonyl (C=O) groups excluding carboxylic acids is 1. The van der Waals surface area contributed by atoms with E-state index < -0.39 is 6.09 Å². The van der Waals surface area contributed by atoms with Crippen LogP contribution in [0.15, 0.2) is 30.3 Å². The Balaban J connectivity index is 2.47. The predicted octanol–water partition coefficient (Wildman–Crippen LogP) is 1.80. The number of carbonyl (C=O) groups is 1. The highest BCUT2D eigenvalue weighted by Gasteiger charge is 2.00. The molecule has 4 heteroatoms. The Labute approximate surface area is 70.0 Å². The van der Waals surface area contributed by atoms with Gasteiger partial charge in [-0.25, -0.2) is 4.79 Å². The molecule has 0 aromatic heterocycles. The van der Waals surface area contributed by atoms with Gasteiger partial charge in [-0.1, -0.05) is 18.2 Å². The highest BCUT2D eigenvalue weighted by Crippen LogP contribution is 2.04. The molecule has 0 spiro atoms. The van der Waals surface area contributed by atoms with Gasteiger partial charge in [-0.05, 0) is 12.1 Å². The summed E-state index contributed by atoms with van der Waals surface area (Å²) in [5, 5.41) is 2.46. The van der Waals surface area contributed by atoms with Gasteiger partial charge in [-0.3, -0.25) is 10.2 Å². The molecule has 0 aliphatic heterocycles. The van der Waals surface area contributed by atoms with Crippen molar-refractivity contribution in [2.24, 2.45) is 0 Å². The van der Waals surface area contributed by atoms with E-state index in [4.69, 9.17) is 0 Å². The average Bonchev–Trinajstić information content (AvgIpc) is 2.06. The van der Waals surface area contributed by atoms with E-state index in [1.54, 1.807) is 12.1 Å². The zero-order valence-corrected chi connectivity index (χ0v) is 6.61. The van der Waals surface area contributed by atoms with Gasteiger partial charge in [0.05, 0.1) is 7.11 Å². The second-order valence-corrected chi connectivity index (χ2v) is 2.03. The Morgan fingerprint density at radius 3 is 2.58 bits per heavy atom. The molecule has 0 radical (unpaired) electrons. The molecular weight excluding hydrogens is 158 g/mol. The maximum Gasteiger partial charge on any atom is 0.443 e. The van der Waals surface area contributed by atoms with Gasteiger partial charge in [0.1, 0.15) is 0 Å². The van der Waals surface area contributed by atoms with Crippen molar-refractivity contribution in [2.75, 3.05) is 12.4 Å². The largest absolute Gasteiger partial charge is 0.443 e. The number of anilines is 1. The van der Waals surface area contributed by atoms with Crippen molar-refractivity contribution < 1.29 is 14.6 Å². The summed E-state index contributed by atoms with van der Waals surface area (Å²) in [7, 11) is 1.27. The monoisotopic (exact) mass is 167 g/mol. The molecule has 0 heterocycles. The van der Waals surface area contributed by atoms with Crippen LogP contribution in [0.5, 0.6) is 0 Å². The SMILES string of the molecule is COOC(=O)Nc1ccccc1. The van der Waals surface area contributed by atoms with E-state index in [-0.39, 0.29) is 0 Å². The van der Waals surface area contributed by atoms with E-state index in [2.05, 4.69) is 15.1 Å². The predicted molar refractivity (Wildman–Crippen MR) is 43.6 cm³/mol. The number of amides is 1. The van der Waals surface area contributed by atoms with E-state index in [0.29, 0.717) is 5.69 Å². The van der Waals surface area contributed by atoms with Crippen molar-refractivity contribution in [2.45, 2.75) is 0 Å². The summed E-state index contributed by atoms with van der Waals surface area (Å²) in [5.41, 5.74) is 0.666. The van der Waals surface area contributed by atoms with Crippen LogP contribution >= 0.6 is 0 Å². The maximum absolute atomic E-state index is 10.8. The topological polar surface area (TPSA) is 47.6 Å². The zero-order chi connectivity index (χ0) is 8.81. The van der Waals surface area contributed by atoms with E-state index in [1.807, 2.05) is 18.2 Å². The van der Waals surface area contributed by atoms with Crippen LogP contribution in [-0.2, 0) is 9.78 Å². The number of hydrogen-bond donors (Lipinski definition) is 1. The van der Waals surface area contributed by atoms with Crippen LogP contribution in [0.25, 0.3) is 0 Å². The van der Waals surface area contributed by atoms with Crippen molar-refractivity contribution >= 4 is 11.8 Å². The van der Waals surface area contributed by atoms with Crippen molar-refractivity contribution in [3.05, 3.63) is 30.3 Å². The lowest BCUT2D eigenvalue weighted by molar-refractivity contribution is -0.208. The number of benzene rings is 1. The van der Waals surface area contributed by atoms with Gasteiger partial charge in [0.15, 0.2) is 0 Å². The summed E-state index contributed by atoms with van der Waals surface area (Å²) in [6.07, 6.45) is -0.635. The third-order valence-electron chi connectivity index (χ3n) is 1.18. The first-order chi connectivity index (χ1) is 5.83. The summed E-state index contributed by atoms with van der Waals surface area (Å²) < 4.78 is 0. The summed E-state index contributed by atoms with van der Waals surface area (Å²) in [6, 6.07) is 8.96. The molecule has 1 rings (SSSR count). The molecule has 4 nitrogen and oxygen atoms in total. The van der Waals surface area contributed by atoms with Crippen LogP contribution in [-0.4, -0.2) is 13.2 Å². The molecule has 0 saturated heterocycles. The van der Waals surface area contributed by atoms with Crippen molar-refractivity contribution in [1.29, 1.82) is 0 Å². The molecule has 0 saturated carbocycles. The minimum Gasteiger partial charge on any atom is -0.289 e. The average molecular weight is 167 g/mol. The summed E-state index contributed by atoms with van der Waals surface area (Å²) in [4.78, 5) is 19.1. The van der Waals surface area contributed by atoms with Crippen LogP contribution in [0.4, 0.5) is 10.5 Å². The number of hydrogen-bond acceptors (Lipinski definition) is 3.